The van der Waals surface area contributed by atoms with Crippen LogP contribution in [0.5, 0.6) is 5.75 Å². The van der Waals surface area contributed by atoms with Crippen molar-refractivity contribution in [3.63, 3.8) is 0 Å². The smallest absolute Gasteiger partial charge is 0.410 e. The van der Waals surface area contributed by atoms with Crippen LogP contribution in [0.15, 0.2) is 91.0 Å². The van der Waals surface area contributed by atoms with Crippen LogP contribution in [0, 0.1) is 0 Å². The molecule has 4 aromatic carbocycles. The van der Waals surface area contributed by atoms with E-state index < -0.39 is 0 Å². The summed E-state index contributed by atoms with van der Waals surface area (Å²) in [5.74, 6) is 0.967. The van der Waals surface area contributed by atoms with Gasteiger partial charge in [-0.05, 0) is 64.1 Å². The lowest BCUT2D eigenvalue weighted by Crippen LogP contribution is -2.43. The molecule has 0 spiro atoms. The number of benzene rings is 4. The minimum Gasteiger partial charge on any atom is -0.496 e. The van der Waals surface area contributed by atoms with Gasteiger partial charge < -0.3 is 9.47 Å². The highest BCUT2D eigenvalue weighted by atomic mass is 16.6. The summed E-state index contributed by atoms with van der Waals surface area (Å²) in [6, 6.07) is 29.8. The number of carbonyl (C=O) groups is 1. The van der Waals surface area contributed by atoms with E-state index >= 15 is 0 Å². The van der Waals surface area contributed by atoms with Crippen molar-refractivity contribution in [2.75, 3.05) is 13.7 Å². The van der Waals surface area contributed by atoms with Crippen molar-refractivity contribution < 1.29 is 14.3 Å². The van der Waals surface area contributed by atoms with Gasteiger partial charge in [0.2, 0.25) is 0 Å². The first kappa shape index (κ1) is 22.2. The maximum atomic E-state index is 13.4. The van der Waals surface area contributed by atoms with Crippen molar-refractivity contribution in [1.29, 1.82) is 0 Å². The van der Waals surface area contributed by atoms with E-state index in [0.717, 1.165) is 30.4 Å². The summed E-state index contributed by atoms with van der Waals surface area (Å²) in [5.41, 5.74) is 7.53. The van der Waals surface area contributed by atoms with Crippen LogP contribution in [0.1, 0.15) is 41.9 Å². The third kappa shape index (κ3) is 3.54. The molecule has 0 aromatic heterocycles. The van der Waals surface area contributed by atoms with E-state index in [1.54, 1.807) is 7.11 Å². The van der Waals surface area contributed by atoms with Crippen LogP contribution < -0.4 is 4.74 Å². The van der Waals surface area contributed by atoms with Gasteiger partial charge in [-0.1, -0.05) is 84.9 Å². The summed E-state index contributed by atoms with van der Waals surface area (Å²) in [5, 5.41) is 2.32. The minimum absolute atomic E-state index is 0.0743. The monoisotopic (exact) mass is 487 g/mol. The van der Waals surface area contributed by atoms with Gasteiger partial charge in [0, 0.05) is 17.3 Å². The lowest BCUT2D eigenvalue weighted by molar-refractivity contribution is 0.0867. The molecular weight excluding hydrogens is 458 g/mol. The summed E-state index contributed by atoms with van der Waals surface area (Å²) in [4.78, 5) is 15.4. The molecule has 1 aliphatic carbocycles. The maximum Gasteiger partial charge on any atom is 0.410 e. The molecule has 2 aliphatic heterocycles. The Morgan fingerprint density at radius 2 is 1.49 bits per heavy atom. The molecule has 1 fully saturated rings. The summed E-state index contributed by atoms with van der Waals surface area (Å²) in [6.07, 6.45) is 4.93. The zero-order chi connectivity index (χ0) is 24.9. The Hall–Kier alpha value is -4.05. The molecule has 2 heterocycles. The van der Waals surface area contributed by atoms with Crippen LogP contribution in [0.25, 0.3) is 27.5 Å². The van der Waals surface area contributed by atoms with Crippen molar-refractivity contribution in [3.8, 4) is 16.9 Å². The topological polar surface area (TPSA) is 38.8 Å². The lowest BCUT2D eigenvalue weighted by atomic mass is 9.91. The van der Waals surface area contributed by atoms with Gasteiger partial charge >= 0.3 is 6.09 Å². The van der Waals surface area contributed by atoms with Gasteiger partial charge in [0.15, 0.2) is 0 Å². The van der Waals surface area contributed by atoms with Gasteiger partial charge in [0.05, 0.1) is 13.2 Å². The van der Waals surface area contributed by atoms with Crippen LogP contribution in [0.2, 0.25) is 0 Å². The van der Waals surface area contributed by atoms with Gasteiger partial charge in [0.1, 0.15) is 12.4 Å². The molecular formula is C33H29NO3. The van der Waals surface area contributed by atoms with Crippen molar-refractivity contribution in [3.05, 3.63) is 108 Å². The fraction of sp³-hybridized carbons (Fsp3) is 0.242. The van der Waals surface area contributed by atoms with E-state index in [0.29, 0.717) is 6.61 Å². The molecule has 4 aromatic rings. The number of hydrogen-bond donors (Lipinski definition) is 0. The van der Waals surface area contributed by atoms with Gasteiger partial charge in [-0.25, -0.2) is 4.79 Å². The van der Waals surface area contributed by atoms with E-state index in [2.05, 4.69) is 84.9 Å². The molecule has 7 rings (SSSR count). The number of ether oxygens (including phenoxy) is 2. The fourth-order valence-electron chi connectivity index (χ4n) is 6.71. The zero-order valence-corrected chi connectivity index (χ0v) is 20.9. The van der Waals surface area contributed by atoms with Gasteiger partial charge in [-0.15, -0.1) is 0 Å². The molecule has 1 amide bonds. The van der Waals surface area contributed by atoms with Crippen molar-refractivity contribution in [1.82, 2.24) is 4.90 Å². The number of amides is 1. The van der Waals surface area contributed by atoms with Crippen LogP contribution in [-0.4, -0.2) is 36.8 Å². The Kier molecular flexibility index (Phi) is 5.28. The molecule has 2 unspecified atom stereocenters. The Morgan fingerprint density at radius 1 is 0.811 bits per heavy atom. The first-order valence-corrected chi connectivity index (χ1v) is 13.1. The normalized spacial score (nSPS) is 19.9. The second kappa shape index (κ2) is 8.81. The summed E-state index contributed by atoms with van der Waals surface area (Å²) < 4.78 is 11.6. The van der Waals surface area contributed by atoms with Crippen LogP contribution >= 0.6 is 0 Å². The van der Waals surface area contributed by atoms with Crippen molar-refractivity contribution in [2.45, 2.75) is 37.3 Å². The number of nitrogens with zero attached hydrogens (tertiary/aromatic N) is 1. The van der Waals surface area contributed by atoms with Gasteiger partial charge in [-0.2, -0.15) is 0 Å². The predicted octanol–water partition coefficient (Wildman–Crippen LogP) is 7.42. The molecule has 0 saturated carbocycles. The maximum absolute atomic E-state index is 13.4. The molecule has 4 nitrogen and oxygen atoms in total. The second-order valence-electron chi connectivity index (χ2n) is 10.3. The molecule has 184 valence electrons. The van der Waals surface area contributed by atoms with Crippen LogP contribution in [-0.2, 0) is 4.74 Å². The predicted molar refractivity (Wildman–Crippen MR) is 147 cm³/mol. The first-order valence-electron chi connectivity index (χ1n) is 13.1. The molecule has 0 N–H and O–H groups in total. The average molecular weight is 488 g/mol. The number of methoxy groups -OCH3 is 1. The number of carbonyl (C=O) groups excluding carboxylic acids is 1. The SMILES string of the molecule is COc1ccc(C2=CC3CCC(C2)N3C(=O)OCC2c3ccccc3-c3ccccc32)c2ccccc12. The quantitative estimate of drug-likeness (QED) is 0.301. The summed E-state index contributed by atoms with van der Waals surface area (Å²) in [7, 11) is 1.72. The standard InChI is InChI=1S/C33H29NO3/c1-36-32-17-16-24(25-8-6-7-13-30(25)32)21-18-22-14-15-23(19-21)34(22)33(35)37-20-31-28-11-4-2-9-26(28)27-10-3-5-12-29(27)31/h2-13,16-18,22-23,31H,14-15,19-20H2,1H3. The zero-order valence-electron chi connectivity index (χ0n) is 20.9. The van der Waals surface area contributed by atoms with E-state index in [1.165, 1.54) is 38.8 Å². The largest absolute Gasteiger partial charge is 0.496 e. The second-order valence-corrected chi connectivity index (χ2v) is 10.3. The lowest BCUT2D eigenvalue weighted by Gasteiger charge is -2.34. The van der Waals surface area contributed by atoms with Gasteiger partial charge in [-0.3, -0.25) is 4.90 Å². The Labute approximate surface area is 217 Å². The third-order valence-corrected chi connectivity index (χ3v) is 8.39. The highest BCUT2D eigenvalue weighted by molar-refractivity contribution is 5.98. The van der Waals surface area contributed by atoms with E-state index in [-0.39, 0.29) is 24.1 Å². The highest BCUT2D eigenvalue weighted by Gasteiger charge is 2.41. The van der Waals surface area contributed by atoms with Gasteiger partial charge in [0.25, 0.3) is 0 Å². The number of hydrogen-bond acceptors (Lipinski definition) is 3. The molecule has 2 atom stereocenters. The fourth-order valence-corrected chi connectivity index (χ4v) is 6.71. The first-order chi connectivity index (χ1) is 18.2. The molecule has 2 bridgehead atoms. The van der Waals surface area contributed by atoms with Crippen LogP contribution in [0.4, 0.5) is 4.79 Å². The molecule has 37 heavy (non-hydrogen) atoms. The van der Waals surface area contributed by atoms with E-state index in [9.17, 15) is 4.79 Å². The minimum atomic E-state index is -0.191. The molecule has 1 saturated heterocycles. The summed E-state index contributed by atoms with van der Waals surface area (Å²) >= 11 is 0. The van der Waals surface area contributed by atoms with E-state index in [4.69, 9.17) is 9.47 Å². The molecule has 4 heteroatoms. The van der Waals surface area contributed by atoms with Crippen molar-refractivity contribution >= 4 is 22.4 Å². The third-order valence-electron chi connectivity index (χ3n) is 8.39. The molecule has 0 radical (unpaired) electrons. The number of rotatable bonds is 4. The van der Waals surface area contributed by atoms with E-state index in [1.807, 2.05) is 11.0 Å². The Bertz CT molecular complexity index is 1510. The number of fused-ring (bicyclic) bond motifs is 6. The Morgan fingerprint density at radius 3 is 2.19 bits per heavy atom. The van der Waals surface area contributed by atoms with Crippen molar-refractivity contribution in [2.24, 2.45) is 0 Å². The summed E-state index contributed by atoms with van der Waals surface area (Å²) in [6.45, 7) is 0.364. The Balaban J connectivity index is 1.13. The van der Waals surface area contributed by atoms with Crippen LogP contribution in [0.3, 0.4) is 0 Å². The average Bonchev–Trinajstić information content (AvgIpc) is 3.41. The molecule has 3 aliphatic rings. The highest BCUT2D eigenvalue weighted by Crippen LogP contribution is 2.45.